The molecule has 2 heteroatoms. The van der Waals surface area contributed by atoms with E-state index in [1.807, 2.05) is 11.0 Å². The van der Waals surface area contributed by atoms with Crippen molar-refractivity contribution in [3.8, 4) is 0 Å². The largest absolute Gasteiger partial charge is 0.345 e. The van der Waals surface area contributed by atoms with E-state index in [1.165, 1.54) is 5.56 Å². The lowest BCUT2D eigenvalue weighted by atomic mass is 10.1. The third-order valence-corrected chi connectivity index (χ3v) is 2.66. The zero-order valence-electron chi connectivity index (χ0n) is 10.1. The van der Waals surface area contributed by atoms with Gasteiger partial charge < -0.3 is 4.90 Å². The molecule has 0 aliphatic carbocycles. The van der Waals surface area contributed by atoms with Crippen molar-refractivity contribution in [1.82, 2.24) is 4.90 Å². The Morgan fingerprint density at radius 1 is 1.12 bits per heavy atom. The van der Waals surface area contributed by atoms with Crippen LogP contribution >= 0.6 is 0 Å². The second-order valence-corrected chi connectivity index (χ2v) is 4.08. The molecule has 16 heavy (non-hydrogen) atoms. The first kappa shape index (κ1) is 12.8. The van der Waals surface area contributed by atoms with Gasteiger partial charge in [-0.15, -0.1) is 0 Å². The third kappa shape index (κ3) is 4.96. The Hall–Kier alpha value is -1.31. The summed E-state index contributed by atoms with van der Waals surface area (Å²) in [4.78, 5) is 12.6. The van der Waals surface area contributed by atoms with Gasteiger partial charge in [-0.05, 0) is 31.2 Å². The van der Waals surface area contributed by atoms with E-state index in [4.69, 9.17) is 0 Å². The number of amides is 1. The van der Waals surface area contributed by atoms with E-state index in [-0.39, 0.29) is 0 Å². The number of unbranched alkanes of at least 4 members (excludes halogenated alkanes) is 1. The molecule has 0 aliphatic rings. The molecule has 0 radical (unpaired) electrons. The minimum absolute atomic E-state index is 0.884. The van der Waals surface area contributed by atoms with Crippen molar-refractivity contribution in [3.63, 3.8) is 0 Å². The number of aryl methyl sites for hydroxylation is 1. The molecule has 0 aromatic heterocycles. The molecular weight excluding hydrogens is 198 g/mol. The van der Waals surface area contributed by atoms with Crippen molar-refractivity contribution in [2.45, 2.75) is 32.6 Å². The molecule has 0 aliphatic heterocycles. The third-order valence-electron chi connectivity index (χ3n) is 2.66. The van der Waals surface area contributed by atoms with Crippen molar-refractivity contribution in [2.24, 2.45) is 0 Å². The van der Waals surface area contributed by atoms with Gasteiger partial charge in [0.25, 0.3) is 0 Å². The van der Waals surface area contributed by atoms with E-state index >= 15 is 0 Å². The van der Waals surface area contributed by atoms with Gasteiger partial charge in [0.05, 0.1) is 0 Å². The van der Waals surface area contributed by atoms with Crippen LogP contribution in [0.1, 0.15) is 31.7 Å². The van der Waals surface area contributed by atoms with Crippen LogP contribution < -0.4 is 0 Å². The number of carbonyl (C=O) groups is 1. The maximum Gasteiger partial charge on any atom is 0.209 e. The summed E-state index contributed by atoms with van der Waals surface area (Å²) < 4.78 is 0. The Labute approximate surface area is 98.3 Å². The van der Waals surface area contributed by atoms with Gasteiger partial charge >= 0.3 is 0 Å². The van der Waals surface area contributed by atoms with Gasteiger partial charge in [0.2, 0.25) is 6.41 Å². The van der Waals surface area contributed by atoms with Gasteiger partial charge in [0.1, 0.15) is 0 Å². The maximum atomic E-state index is 10.7. The van der Waals surface area contributed by atoms with Gasteiger partial charge in [0, 0.05) is 13.1 Å². The van der Waals surface area contributed by atoms with Gasteiger partial charge in [-0.25, -0.2) is 0 Å². The summed E-state index contributed by atoms with van der Waals surface area (Å²) in [5, 5.41) is 0. The second kappa shape index (κ2) is 7.91. The smallest absolute Gasteiger partial charge is 0.209 e. The van der Waals surface area contributed by atoms with Crippen molar-refractivity contribution >= 4 is 6.41 Å². The monoisotopic (exact) mass is 219 g/mol. The van der Waals surface area contributed by atoms with Crippen LogP contribution in [-0.2, 0) is 11.2 Å². The first-order valence-electron chi connectivity index (χ1n) is 6.10. The summed E-state index contributed by atoms with van der Waals surface area (Å²) in [6.07, 6.45) is 5.36. The van der Waals surface area contributed by atoms with Crippen LogP contribution in [-0.4, -0.2) is 24.4 Å². The lowest BCUT2D eigenvalue weighted by Crippen LogP contribution is -2.23. The molecule has 0 heterocycles. The highest BCUT2D eigenvalue weighted by atomic mass is 16.1. The average molecular weight is 219 g/mol. The van der Waals surface area contributed by atoms with E-state index in [2.05, 4.69) is 31.2 Å². The number of nitrogens with zero attached hydrogens (tertiary/aromatic N) is 1. The summed E-state index contributed by atoms with van der Waals surface area (Å²) in [6.45, 7) is 3.87. The van der Waals surface area contributed by atoms with Crippen LogP contribution in [0, 0.1) is 0 Å². The summed E-state index contributed by atoms with van der Waals surface area (Å²) >= 11 is 0. The van der Waals surface area contributed by atoms with E-state index in [0.29, 0.717) is 0 Å². The normalized spacial score (nSPS) is 10.1. The van der Waals surface area contributed by atoms with Crippen molar-refractivity contribution in [2.75, 3.05) is 13.1 Å². The Balaban J connectivity index is 2.14. The minimum atomic E-state index is 0.884. The highest BCUT2D eigenvalue weighted by Gasteiger charge is 1.99. The molecule has 1 aromatic carbocycles. The van der Waals surface area contributed by atoms with E-state index in [9.17, 15) is 4.79 Å². The summed E-state index contributed by atoms with van der Waals surface area (Å²) in [5.41, 5.74) is 1.38. The predicted octanol–water partition coefficient (Wildman–Crippen LogP) is 2.88. The molecule has 1 amide bonds. The summed E-state index contributed by atoms with van der Waals surface area (Å²) in [7, 11) is 0. The highest BCUT2D eigenvalue weighted by molar-refractivity contribution is 5.46. The first-order chi connectivity index (χ1) is 7.86. The lowest BCUT2D eigenvalue weighted by molar-refractivity contribution is -0.118. The van der Waals surface area contributed by atoms with E-state index < -0.39 is 0 Å². The molecule has 0 saturated carbocycles. The second-order valence-electron chi connectivity index (χ2n) is 4.08. The number of hydrogen-bond donors (Lipinski definition) is 0. The molecular formula is C14H21NO. The number of rotatable bonds is 8. The first-order valence-corrected chi connectivity index (χ1v) is 6.10. The van der Waals surface area contributed by atoms with Crippen LogP contribution in [0.15, 0.2) is 30.3 Å². The Morgan fingerprint density at radius 3 is 2.50 bits per heavy atom. The molecule has 88 valence electrons. The lowest BCUT2D eigenvalue weighted by Gasteiger charge is -2.15. The van der Waals surface area contributed by atoms with Crippen molar-refractivity contribution < 1.29 is 4.79 Å². The van der Waals surface area contributed by atoms with Crippen LogP contribution in [0.5, 0.6) is 0 Å². The Kier molecular flexibility index (Phi) is 6.31. The molecule has 0 fully saturated rings. The molecule has 0 bridgehead atoms. The zero-order valence-corrected chi connectivity index (χ0v) is 10.1. The van der Waals surface area contributed by atoms with Crippen LogP contribution in [0.3, 0.4) is 0 Å². The van der Waals surface area contributed by atoms with Crippen LogP contribution in [0.4, 0.5) is 0 Å². The molecule has 0 spiro atoms. The molecule has 0 N–H and O–H groups in total. The summed E-state index contributed by atoms with van der Waals surface area (Å²) in [5.74, 6) is 0. The predicted molar refractivity (Wildman–Crippen MR) is 67.3 cm³/mol. The van der Waals surface area contributed by atoms with Gasteiger partial charge in [-0.2, -0.15) is 0 Å². The fourth-order valence-electron chi connectivity index (χ4n) is 1.79. The molecule has 1 rings (SSSR count). The minimum Gasteiger partial charge on any atom is -0.345 e. The summed E-state index contributed by atoms with van der Waals surface area (Å²) in [6, 6.07) is 10.5. The Bertz CT molecular complexity index is 284. The van der Waals surface area contributed by atoms with Crippen LogP contribution in [0.2, 0.25) is 0 Å². The van der Waals surface area contributed by atoms with Gasteiger partial charge in [-0.3, -0.25) is 4.79 Å². The molecule has 0 saturated heterocycles. The topological polar surface area (TPSA) is 20.3 Å². The standard InChI is InChI=1S/C14H21NO/c1-2-11-15(13-16)12-7-6-10-14-8-4-3-5-9-14/h3-5,8-9,13H,2,6-7,10-12H2,1H3. The maximum absolute atomic E-state index is 10.7. The van der Waals surface area contributed by atoms with Gasteiger partial charge in [0.15, 0.2) is 0 Å². The van der Waals surface area contributed by atoms with Crippen molar-refractivity contribution in [3.05, 3.63) is 35.9 Å². The van der Waals surface area contributed by atoms with E-state index in [1.54, 1.807) is 0 Å². The van der Waals surface area contributed by atoms with Crippen molar-refractivity contribution in [1.29, 1.82) is 0 Å². The average Bonchev–Trinajstić information content (AvgIpc) is 2.34. The SMILES string of the molecule is CCCN(C=O)CCCCc1ccccc1. The number of benzene rings is 1. The zero-order chi connectivity index (χ0) is 11.6. The van der Waals surface area contributed by atoms with Gasteiger partial charge in [-0.1, -0.05) is 37.3 Å². The number of hydrogen-bond acceptors (Lipinski definition) is 1. The Morgan fingerprint density at radius 2 is 1.88 bits per heavy atom. The quantitative estimate of drug-likeness (QED) is 0.486. The fourth-order valence-corrected chi connectivity index (χ4v) is 1.79. The highest BCUT2D eigenvalue weighted by Crippen LogP contribution is 2.05. The molecule has 2 nitrogen and oxygen atoms in total. The number of carbonyl (C=O) groups excluding carboxylic acids is 1. The molecule has 0 unspecified atom stereocenters. The molecule has 0 atom stereocenters. The fraction of sp³-hybridized carbons (Fsp3) is 0.500. The molecule has 1 aromatic rings. The van der Waals surface area contributed by atoms with Crippen LogP contribution in [0.25, 0.3) is 0 Å². The van der Waals surface area contributed by atoms with E-state index in [0.717, 1.165) is 45.2 Å².